The highest BCUT2D eigenvalue weighted by Gasteiger charge is 2.26. The van der Waals surface area contributed by atoms with Gasteiger partial charge in [-0.3, -0.25) is 4.79 Å². The zero-order valence-electron chi connectivity index (χ0n) is 22.2. The second kappa shape index (κ2) is 12.0. The van der Waals surface area contributed by atoms with Crippen molar-refractivity contribution in [1.29, 1.82) is 0 Å². The van der Waals surface area contributed by atoms with Crippen molar-refractivity contribution in [3.05, 3.63) is 41.4 Å². The van der Waals surface area contributed by atoms with E-state index in [1.165, 1.54) is 12.4 Å². The van der Waals surface area contributed by atoms with Crippen molar-refractivity contribution in [3.63, 3.8) is 0 Å². The number of carbonyl (C=O) groups is 2. The average Bonchev–Trinajstić information content (AvgIpc) is 3.60. The van der Waals surface area contributed by atoms with Gasteiger partial charge in [0.25, 0.3) is 5.91 Å². The van der Waals surface area contributed by atoms with E-state index in [2.05, 4.69) is 36.6 Å². The number of urea groups is 1. The molecule has 5 rings (SSSR count). The normalized spacial score (nSPS) is 19.1. The molecular formula is C26H35ClN10O2. The third kappa shape index (κ3) is 7.27. The molecule has 0 aliphatic heterocycles. The molecule has 0 bridgehead atoms. The largest absolute Gasteiger partial charge is 0.379 e. The lowest BCUT2D eigenvalue weighted by Crippen LogP contribution is -2.46. The quantitative estimate of drug-likeness (QED) is 0.241. The fourth-order valence-electron chi connectivity index (χ4n) is 4.64. The summed E-state index contributed by atoms with van der Waals surface area (Å²) in [6.45, 7) is 1.42. The Morgan fingerprint density at radius 2 is 1.74 bits per heavy atom. The van der Waals surface area contributed by atoms with Crippen LogP contribution in [0.3, 0.4) is 0 Å². The molecule has 208 valence electrons. The first-order chi connectivity index (χ1) is 18.8. The lowest BCUT2D eigenvalue weighted by molar-refractivity contribution is 0.102. The maximum Gasteiger partial charge on any atom is 0.315 e. The number of carbonyl (C=O) groups excluding carboxylic acids is 2. The summed E-state index contributed by atoms with van der Waals surface area (Å²) in [5.41, 5.74) is 2.29. The van der Waals surface area contributed by atoms with Crippen LogP contribution in [0.15, 0.2) is 30.6 Å². The first-order valence-electron chi connectivity index (χ1n) is 13.4. The molecule has 3 amide bonds. The summed E-state index contributed by atoms with van der Waals surface area (Å²) in [7, 11) is 3.96. The van der Waals surface area contributed by atoms with E-state index in [0.29, 0.717) is 40.6 Å². The molecule has 0 radical (unpaired) electrons. The second-order valence-electron chi connectivity index (χ2n) is 10.5. The Morgan fingerprint density at radius 1 is 1.03 bits per heavy atom. The fourth-order valence-corrected chi connectivity index (χ4v) is 4.82. The highest BCUT2D eigenvalue weighted by atomic mass is 35.5. The van der Waals surface area contributed by atoms with Crippen LogP contribution in [-0.4, -0.2) is 81.7 Å². The summed E-state index contributed by atoms with van der Waals surface area (Å²) in [5, 5.41) is 20.9. The maximum absolute atomic E-state index is 13.1. The molecule has 0 aromatic carbocycles. The third-order valence-electron chi connectivity index (χ3n) is 6.88. The smallest absolute Gasteiger partial charge is 0.315 e. The number of anilines is 3. The SMILES string of the molecule is CN(C)CCNC(=O)N[C@H]1CC[C@H](Nc2cc(NC3CC3)c3ncc(C(=O)Nc4ccnc(Cl)c4)n3n2)CC1. The number of rotatable bonds is 10. The van der Waals surface area contributed by atoms with E-state index >= 15 is 0 Å². The monoisotopic (exact) mass is 554 g/mol. The molecule has 13 heteroatoms. The first-order valence-corrected chi connectivity index (χ1v) is 13.8. The molecule has 2 fully saturated rings. The predicted octanol–water partition coefficient (Wildman–Crippen LogP) is 3.19. The van der Waals surface area contributed by atoms with Crippen molar-refractivity contribution in [2.24, 2.45) is 0 Å². The van der Waals surface area contributed by atoms with Crippen LogP contribution >= 0.6 is 11.6 Å². The fraction of sp³-hybridized carbons (Fsp3) is 0.500. The van der Waals surface area contributed by atoms with Gasteiger partial charge in [-0.1, -0.05) is 11.6 Å². The van der Waals surface area contributed by atoms with Crippen molar-refractivity contribution in [3.8, 4) is 0 Å². The molecule has 3 heterocycles. The molecule has 3 aromatic rings. The lowest BCUT2D eigenvalue weighted by Gasteiger charge is -2.30. The van der Waals surface area contributed by atoms with Gasteiger partial charge >= 0.3 is 6.03 Å². The first kappa shape index (κ1) is 26.9. The summed E-state index contributed by atoms with van der Waals surface area (Å²) in [6, 6.07) is 5.87. The van der Waals surface area contributed by atoms with Gasteiger partial charge in [-0.15, -0.1) is 5.10 Å². The molecule has 2 aliphatic carbocycles. The number of hydrogen-bond donors (Lipinski definition) is 5. The number of fused-ring (bicyclic) bond motifs is 1. The zero-order chi connectivity index (χ0) is 27.4. The van der Waals surface area contributed by atoms with Gasteiger partial charge in [-0.25, -0.2) is 19.3 Å². The number of amides is 3. The van der Waals surface area contributed by atoms with Crippen LogP contribution in [0, 0.1) is 0 Å². The minimum Gasteiger partial charge on any atom is -0.379 e. The van der Waals surface area contributed by atoms with Crippen LogP contribution in [0.1, 0.15) is 49.0 Å². The van der Waals surface area contributed by atoms with Crippen molar-refractivity contribution >= 4 is 46.4 Å². The Morgan fingerprint density at radius 3 is 2.46 bits per heavy atom. The van der Waals surface area contributed by atoms with Crippen LogP contribution in [0.4, 0.5) is 22.0 Å². The van der Waals surface area contributed by atoms with Crippen molar-refractivity contribution < 1.29 is 9.59 Å². The van der Waals surface area contributed by atoms with Gasteiger partial charge in [0, 0.05) is 49.2 Å². The van der Waals surface area contributed by atoms with E-state index in [1.54, 1.807) is 16.6 Å². The van der Waals surface area contributed by atoms with Crippen molar-refractivity contribution in [1.82, 2.24) is 35.1 Å². The molecule has 12 nitrogen and oxygen atoms in total. The summed E-state index contributed by atoms with van der Waals surface area (Å²) >= 11 is 5.97. The summed E-state index contributed by atoms with van der Waals surface area (Å²) in [4.78, 5) is 35.8. The van der Waals surface area contributed by atoms with E-state index in [-0.39, 0.29) is 24.0 Å². The molecule has 5 N–H and O–H groups in total. The molecule has 0 atom stereocenters. The summed E-state index contributed by atoms with van der Waals surface area (Å²) in [5.74, 6) is 0.324. The summed E-state index contributed by atoms with van der Waals surface area (Å²) < 4.78 is 1.58. The van der Waals surface area contributed by atoms with Gasteiger partial charge in [0.05, 0.1) is 11.9 Å². The lowest BCUT2D eigenvalue weighted by atomic mass is 9.91. The zero-order valence-corrected chi connectivity index (χ0v) is 23.0. The van der Waals surface area contributed by atoms with Gasteiger partial charge in [-0.2, -0.15) is 0 Å². The van der Waals surface area contributed by atoms with Crippen molar-refractivity contribution in [2.45, 2.75) is 56.7 Å². The van der Waals surface area contributed by atoms with Gasteiger partial charge in [0.15, 0.2) is 11.3 Å². The Hall–Kier alpha value is -3.64. The average molecular weight is 555 g/mol. The number of imidazole rings is 1. The van der Waals surface area contributed by atoms with Gasteiger partial charge < -0.3 is 31.5 Å². The van der Waals surface area contributed by atoms with Crippen LogP contribution in [0.5, 0.6) is 0 Å². The van der Waals surface area contributed by atoms with Gasteiger partial charge in [-0.05, 0) is 64.8 Å². The topological polar surface area (TPSA) is 141 Å². The number of halogens is 1. The number of nitrogens with zero attached hydrogens (tertiary/aromatic N) is 5. The molecule has 3 aromatic heterocycles. The van der Waals surface area contributed by atoms with Gasteiger partial charge in [0.2, 0.25) is 0 Å². The van der Waals surface area contributed by atoms with Crippen LogP contribution < -0.4 is 26.6 Å². The van der Waals surface area contributed by atoms with Crippen LogP contribution in [-0.2, 0) is 0 Å². The minimum atomic E-state index is -0.345. The predicted molar refractivity (Wildman–Crippen MR) is 152 cm³/mol. The standard InChI is InChI=1S/C26H35ClN10O2/c1-36(2)12-11-29-26(39)34-18-7-5-17(6-8-18)32-23-14-20(31-16-3-4-16)24-30-15-21(37(24)35-23)25(38)33-19-9-10-28-22(27)13-19/h9-10,13-18,31H,3-8,11-12H2,1-2H3,(H,32,35)(H,28,33,38)(H2,29,34,39)/t17-,18-. The van der Waals surface area contributed by atoms with Crippen LogP contribution in [0.25, 0.3) is 5.65 Å². The highest BCUT2D eigenvalue weighted by molar-refractivity contribution is 6.29. The van der Waals surface area contributed by atoms with E-state index in [4.69, 9.17) is 16.7 Å². The highest BCUT2D eigenvalue weighted by Crippen LogP contribution is 2.30. The summed E-state index contributed by atoms with van der Waals surface area (Å²) in [6.07, 6.45) is 8.82. The molecule has 0 saturated heterocycles. The molecular weight excluding hydrogens is 520 g/mol. The maximum atomic E-state index is 13.1. The Bertz CT molecular complexity index is 1320. The Balaban J connectivity index is 1.25. The molecule has 0 spiro atoms. The van der Waals surface area contributed by atoms with Gasteiger partial charge in [0.1, 0.15) is 11.0 Å². The second-order valence-corrected chi connectivity index (χ2v) is 10.8. The minimum absolute atomic E-state index is 0.115. The number of likely N-dealkylation sites (N-methyl/N-ethyl adjacent to an activating group) is 1. The molecule has 39 heavy (non-hydrogen) atoms. The van der Waals surface area contributed by atoms with E-state index < -0.39 is 0 Å². The number of pyridine rings is 1. The van der Waals surface area contributed by atoms with E-state index in [0.717, 1.165) is 50.8 Å². The molecule has 2 saturated carbocycles. The number of aromatic nitrogens is 4. The van der Waals surface area contributed by atoms with E-state index in [1.807, 2.05) is 25.1 Å². The van der Waals surface area contributed by atoms with E-state index in [9.17, 15) is 9.59 Å². The molecule has 0 unspecified atom stereocenters. The Kier molecular flexibility index (Phi) is 8.32. The number of nitrogens with one attached hydrogen (secondary N) is 5. The Labute approximate surface area is 232 Å². The van der Waals surface area contributed by atoms with Crippen molar-refractivity contribution in [2.75, 3.05) is 43.1 Å². The number of hydrogen-bond acceptors (Lipinski definition) is 8. The molecule has 2 aliphatic rings. The van der Waals surface area contributed by atoms with Crippen LogP contribution in [0.2, 0.25) is 5.15 Å². The third-order valence-corrected chi connectivity index (χ3v) is 7.09.